The number of carbonyl (C=O) groups excluding carboxylic acids is 2. The first-order valence-corrected chi connectivity index (χ1v) is 8.89. The standard InChI is InChI=1S/C20H14Cl2N4O2/c21-14-5-6-17(16(22)8-14)25-20(28)12(9-23)7-13-10-26(11-19(24)27)18-4-2-1-3-15(13)18/h1-8,10H,11H2,(H2,24,27)(H,25,28)/b12-7-. The van der Waals surface area contributed by atoms with Crippen molar-refractivity contribution in [2.45, 2.75) is 6.54 Å². The first-order chi connectivity index (χ1) is 13.4. The molecule has 0 aliphatic heterocycles. The number of hydrogen-bond donors (Lipinski definition) is 2. The van der Waals surface area contributed by atoms with Gasteiger partial charge in [-0.3, -0.25) is 9.59 Å². The smallest absolute Gasteiger partial charge is 0.266 e. The normalized spacial score (nSPS) is 11.2. The maximum Gasteiger partial charge on any atom is 0.266 e. The van der Waals surface area contributed by atoms with Gasteiger partial charge in [-0.1, -0.05) is 41.4 Å². The van der Waals surface area contributed by atoms with Gasteiger partial charge in [0.25, 0.3) is 5.91 Å². The second-order valence-corrected chi connectivity index (χ2v) is 6.79. The molecule has 6 nitrogen and oxygen atoms in total. The van der Waals surface area contributed by atoms with Crippen LogP contribution in [0.5, 0.6) is 0 Å². The molecule has 0 aliphatic carbocycles. The molecule has 8 heteroatoms. The van der Waals surface area contributed by atoms with E-state index in [9.17, 15) is 14.9 Å². The Labute approximate surface area is 170 Å². The number of aromatic nitrogens is 1. The molecule has 28 heavy (non-hydrogen) atoms. The van der Waals surface area contributed by atoms with Crippen LogP contribution in [0, 0.1) is 11.3 Å². The minimum Gasteiger partial charge on any atom is -0.368 e. The van der Waals surface area contributed by atoms with Gasteiger partial charge in [-0.15, -0.1) is 0 Å². The van der Waals surface area contributed by atoms with Gasteiger partial charge in [0, 0.05) is 27.7 Å². The molecule has 0 radical (unpaired) electrons. The largest absolute Gasteiger partial charge is 0.368 e. The van der Waals surface area contributed by atoms with Crippen LogP contribution in [0.3, 0.4) is 0 Å². The number of rotatable bonds is 5. The topological polar surface area (TPSA) is 101 Å². The molecule has 3 rings (SSSR count). The molecule has 1 heterocycles. The third kappa shape index (κ3) is 4.17. The monoisotopic (exact) mass is 412 g/mol. The number of para-hydroxylation sites is 1. The first kappa shape index (κ1) is 19.5. The Morgan fingerprint density at radius 1 is 1.21 bits per heavy atom. The number of primary amides is 1. The van der Waals surface area contributed by atoms with Crippen molar-refractivity contribution < 1.29 is 9.59 Å². The molecule has 0 saturated heterocycles. The van der Waals surface area contributed by atoms with E-state index < -0.39 is 11.8 Å². The van der Waals surface area contributed by atoms with Crippen molar-refractivity contribution in [2.24, 2.45) is 5.73 Å². The molecule has 0 saturated carbocycles. The van der Waals surface area contributed by atoms with Crippen molar-refractivity contribution in [3.63, 3.8) is 0 Å². The molecular weight excluding hydrogens is 399 g/mol. The highest BCUT2D eigenvalue weighted by atomic mass is 35.5. The zero-order valence-corrected chi connectivity index (χ0v) is 16.0. The fraction of sp³-hybridized carbons (Fsp3) is 0.0500. The fourth-order valence-electron chi connectivity index (χ4n) is 2.77. The van der Waals surface area contributed by atoms with Gasteiger partial charge in [0.1, 0.15) is 18.2 Å². The molecule has 0 fully saturated rings. The maximum absolute atomic E-state index is 12.5. The van der Waals surface area contributed by atoms with Crippen LogP contribution in [0.2, 0.25) is 10.0 Å². The number of amides is 2. The molecule has 0 atom stereocenters. The number of nitrogens with one attached hydrogen (secondary N) is 1. The number of halogens is 2. The highest BCUT2D eigenvalue weighted by molar-refractivity contribution is 6.37. The average Bonchev–Trinajstić information content (AvgIpc) is 2.99. The van der Waals surface area contributed by atoms with Gasteiger partial charge in [0.15, 0.2) is 0 Å². The molecule has 0 aliphatic rings. The summed E-state index contributed by atoms with van der Waals surface area (Å²) in [5.74, 6) is -1.11. The predicted octanol–water partition coefficient (Wildman–Crippen LogP) is 3.98. The first-order valence-electron chi connectivity index (χ1n) is 8.13. The third-order valence-corrected chi connectivity index (χ3v) is 4.54. The van der Waals surface area contributed by atoms with Gasteiger partial charge in [-0.2, -0.15) is 5.26 Å². The quantitative estimate of drug-likeness (QED) is 0.489. The average molecular weight is 413 g/mol. The highest BCUT2D eigenvalue weighted by Crippen LogP contribution is 2.27. The number of carbonyl (C=O) groups is 2. The minimum absolute atomic E-state index is 0.0111. The van der Waals surface area contributed by atoms with Crippen molar-refractivity contribution in [1.29, 1.82) is 5.26 Å². The van der Waals surface area contributed by atoms with E-state index in [0.29, 0.717) is 16.3 Å². The summed E-state index contributed by atoms with van der Waals surface area (Å²) in [5, 5.41) is 13.5. The van der Waals surface area contributed by atoms with Gasteiger partial charge >= 0.3 is 0 Å². The summed E-state index contributed by atoms with van der Waals surface area (Å²) in [5.41, 5.74) is 6.91. The Morgan fingerprint density at radius 2 is 1.96 bits per heavy atom. The van der Waals surface area contributed by atoms with E-state index in [4.69, 9.17) is 28.9 Å². The number of nitriles is 1. The summed E-state index contributed by atoms with van der Waals surface area (Å²) >= 11 is 11.9. The van der Waals surface area contributed by atoms with Crippen LogP contribution >= 0.6 is 23.2 Å². The Hall–Kier alpha value is -3.27. The number of nitrogens with zero attached hydrogens (tertiary/aromatic N) is 2. The van der Waals surface area contributed by atoms with Crippen LogP contribution in [0.1, 0.15) is 5.56 Å². The molecule has 0 unspecified atom stereocenters. The predicted molar refractivity (Wildman–Crippen MR) is 110 cm³/mol. The van der Waals surface area contributed by atoms with E-state index in [-0.39, 0.29) is 17.1 Å². The Morgan fingerprint density at radius 3 is 2.64 bits per heavy atom. The summed E-state index contributed by atoms with van der Waals surface area (Å²) < 4.78 is 1.67. The van der Waals surface area contributed by atoms with Crippen LogP contribution in [-0.4, -0.2) is 16.4 Å². The van der Waals surface area contributed by atoms with E-state index in [0.717, 1.165) is 10.9 Å². The lowest BCUT2D eigenvalue weighted by molar-refractivity contribution is -0.118. The van der Waals surface area contributed by atoms with E-state index in [1.807, 2.05) is 30.3 Å². The number of hydrogen-bond acceptors (Lipinski definition) is 3. The Kier molecular flexibility index (Phi) is 5.69. The SMILES string of the molecule is N#C/C(=C/c1cn(CC(N)=O)c2ccccc12)C(=O)Nc1ccc(Cl)cc1Cl. The molecular formula is C20H14Cl2N4O2. The second-order valence-electron chi connectivity index (χ2n) is 5.94. The molecule has 2 amide bonds. The van der Waals surface area contributed by atoms with Crippen molar-refractivity contribution in [1.82, 2.24) is 4.57 Å². The lowest BCUT2D eigenvalue weighted by atomic mass is 10.1. The van der Waals surface area contributed by atoms with Crippen molar-refractivity contribution >= 4 is 57.7 Å². The van der Waals surface area contributed by atoms with Crippen molar-refractivity contribution in [3.8, 4) is 6.07 Å². The van der Waals surface area contributed by atoms with Gasteiger partial charge in [-0.25, -0.2) is 0 Å². The van der Waals surface area contributed by atoms with Gasteiger partial charge < -0.3 is 15.6 Å². The summed E-state index contributed by atoms with van der Waals surface area (Å²) in [6.45, 7) is -0.0111. The maximum atomic E-state index is 12.5. The zero-order chi connectivity index (χ0) is 20.3. The van der Waals surface area contributed by atoms with E-state index in [1.165, 1.54) is 12.1 Å². The number of fused-ring (bicyclic) bond motifs is 1. The number of benzene rings is 2. The number of anilines is 1. The second kappa shape index (κ2) is 8.17. The Bertz CT molecular complexity index is 1160. The van der Waals surface area contributed by atoms with E-state index >= 15 is 0 Å². The Balaban J connectivity index is 1.97. The molecule has 140 valence electrons. The van der Waals surface area contributed by atoms with Gasteiger partial charge in [0.05, 0.1) is 10.7 Å². The van der Waals surface area contributed by atoms with Crippen molar-refractivity contribution in [3.05, 3.63) is 69.8 Å². The molecule has 2 aromatic carbocycles. The summed E-state index contributed by atoms with van der Waals surface area (Å²) in [4.78, 5) is 23.8. The molecule has 1 aromatic heterocycles. The van der Waals surface area contributed by atoms with E-state index in [1.54, 1.807) is 22.9 Å². The highest BCUT2D eigenvalue weighted by Gasteiger charge is 2.14. The van der Waals surface area contributed by atoms with E-state index in [2.05, 4.69) is 5.32 Å². The fourth-order valence-corrected chi connectivity index (χ4v) is 3.23. The minimum atomic E-state index is -0.613. The van der Waals surface area contributed by atoms with Crippen LogP contribution < -0.4 is 11.1 Å². The lowest BCUT2D eigenvalue weighted by Crippen LogP contribution is -2.17. The summed E-state index contributed by atoms with van der Waals surface area (Å²) in [6.07, 6.45) is 3.13. The molecule has 0 spiro atoms. The van der Waals surface area contributed by atoms with Crippen LogP contribution in [0.15, 0.2) is 54.2 Å². The lowest BCUT2D eigenvalue weighted by Gasteiger charge is -2.06. The van der Waals surface area contributed by atoms with Crippen LogP contribution in [0.25, 0.3) is 17.0 Å². The van der Waals surface area contributed by atoms with Crippen LogP contribution in [0.4, 0.5) is 5.69 Å². The molecule has 3 aromatic rings. The van der Waals surface area contributed by atoms with Gasteiger partial charge in [-0.05, 0) is 30.3 Å². The van der Waals surface area contributed by atoms with Crippen molar-refractivity contribution in [2.75, 3.05) is 5.32 Å². The molecule has 3 N–H and O–H groups in total. The summed E-state index contributed by atoms with van der Waals surface area (Å²) in [6, 6.07) is 13.8. The zero-order valence-electron chi connectivity index (χ0n) is 14.4. The molecule has 0 bridgehead atoms. The van der Waals surface area contributed by atoms with Gasteiger partial charge in [0.2, 0.25) is 5.91 Å². The van der Waals surface area contributed by atoms with Crippen LogP contribution in [-0.2, 0) is 16.1 Å². The summed E-state index contributed by atoms with van der Waals surface area (Å²) in [7, 11) is 0. The number of nitrogens with two attached hydrogens (primary N) is 1. The third-order valence-electron chi connectivity index (χ3n) is 3.99.